The normalized spacial score (nSPS) is 9.00. The molecule has 3 heteroatoms. The van der Waals surface area contributed by atoms with Gasteiger partial charge in [0, 0.05) is 12.5 Å². The van der Waals surface area contributed by atoms with Gasteiger partial charge in [-0.2, -0.15) is 0 Å². The predicted octanol–water partition coefficient (Wildman–Crippen LogP) is 1.24. The molecule has 0 bridgehead atoms. The number of hydrogen-bond donors (Lipinski definition) is 1. The summed E-state index contributed by atoms with van der Waals surface area (Å²) in [4.78, 5) is 0. The van der Waals surface area contributed by atoms with Crippen LogP contribution in [-0.2, 0) is 6.42 Å². The summed E-state index contributed by atoms with van der Waals surface area (Å²) in [5.41, 5.74) is 1.01. The molecule has 0 saturated carbocycles. The van der Waals surface area contributed by atoms with E-state index in [9.17, 15) is 0 Å². The molecule has 0 aromatic heterocycles. The first-order valence-electron chi connectivity index (χ1n) is 4.58. The minimum absolute atomic E-state index is 0.110. The van der Waals surface area contributed by atoms with Crippen LogP contribution in [0, 0.1) is 11.8 Å². The summed E-state index contributed by atoms with van der Waals surface area (Å²) in [5.74, 6) is 6.93. The van der Waals surface area contributed by atoms with Crippen LogP contribution >= 0.6 is 0 Å². The lowest BCUT2D eigenvalue weighted by atomic mass is 10.1. The maximum absolute atomic E-state index is 8.52. The molecule has 0 atom stereocenters. The molecule has 0 aliphatic heterocycles. The quantitative estimate of drug-likeness (QED) is 0.756. The van der Waals surface area contributed by atoms with Crippen molar-refractivity contribution in [3.63, 3.8) is 0 Å². The van der Waals surface area contributed by atoms with Gasteiger partial charge in [-0.1, -0.05) is 11.8 Å². The van der Waals surface area contributed by atoms with Crippen molar-refractivity contribution < 1.29 is 14.6 Å². The fraction of sp³-hybridized carbons (Fsp3) is 0.333. The Kier molecular flexibility index (Phi) is 4.52. The van der Waals surface area contributed by atoms with Crippen molar-refractivity contribution in [2.75, 3.05) is 20.8 Å². The van der Waals surface area contributed by atoms with Gasteiger partial charge in [-0.15, -0.1) is 0 Å². The number of rotatable bonds is 3. The van der Waals surface area contributed by atoms with E-state index in [1.165, 1.54) is 0 Å². The third kappa shape index (κ3) is 3.53. The highest BCUT2D eigenvalue weighted by Crippen LogP contribution is 2.22. The number of aliphatic hydroxyl groups is 1. The first kappa shape index (κ1) is 11.4. The van der Waals surface area contributed by atoms with E-state index in [1.54, 1.807) is 14.2 Å². The number of benzene rings is 1. The summed E-state index contributed by atoms with van der Waals surface area (Å²) >= 11 is 0. The predicted molar refractivity (Wildman–Crippen MR) is 58.1 cm³/mol. The van der Waals surface area contributed by atoms with Gasteiger partial charge < -0.3 is 14.6 Å². The fourth-order valence-corrected chi connectivity index (χ4v) is 1.19. The van der Waals surface area contributed by atoms with Gasteiger partial charge in [-0.25, -0.2) is 0 Å². The van der Waals surface area contributed by atoms with Gasteiger partial charge in [0.15, 0.2) is 0 Å². The Morgan fingerprint density at radius 2 is 1.67 bits per heavy atom. The van der Waals surface area contributed by atoms with Crippen LogP contribution in [0.15, 0.2) is 18.2 Å². The maximum Gasteiger partial charge on any atom is 0.122 e. The summed E-state index contributed by atoms with van der Waals surface area (Å²) in [6.07, 6.45) is 0.578. The molecule has 0 aliphatic rings. The van der Waals surface area contributed by atoms with Gasteiger partial charge in [0.2, 0.25) is 0 Å². The van der Waals surface area contributed by atoms with Crippen molar-refractivity contribution in [2.45, 2.75) is 6.42 Å². The van der Waals surface area contributed by atoms with Gasteiger partial charge in [-0.3, -0.25) is 0 Å². The second-order valence-corrected chi connectivity index (χ2v) is 2.91. The van der Waals surface area contributed by atoms with Crippen LogP contribution in [0.25, 0.3) is 0 Å². The number of methoxy groups -OCH3 is 2. The van der Waals surface area contributed by atoms with Crippen LogP contribution in [0.2, 0.25) is 0 Å². The highest BCUT2D eigenvalue weighted by Gasteiger charge is 2.00. The minimum atomic E-state index is -0.110. The zero-order valence-electron chi connectivity index (χ0n) is 8.91. The second kappa shape index (κ2) is 5.94. The van der Waals surface area contributed by atoms with E-state index in [2.05, 4.69) is 11.8 Å². The van der Waals surface area contributed by atoms with Gasteiger partial charge in [0.25, 0.3) is 0 Å². The van der Waals surface area contributed by atoms with Crippen molar-refractivity contribution in [3.05, 3.63) is 23.8 Å². The third-order valence-corrected chi connectivity index (χ3v) is 1.91. The van der Waals surface area contributed by atoms with Crippen molar-refractivity contribution in [3.8, 4) is 23.3 Å². The highest BCUT2D eigenvalue weighted by molar-refractivity contribution is 5.39. The third-order valence-electron chi connectivity index (χ3n) is 1.91. The van der Waals surface area contributed by atoms with Crippen LogP contribution in [0.3, 0.4) is 0 Å². The average molecular weight is 206 g/mol. The van der Waals surface area contributed by atoms with Gasteiger partial charge >= 0.3 is 0 Å². The monoisotopic (exact) mass is 206 g/mol. The number of hydrogen-bond acceptors (Lipinski definition) is 3. The van der Waals surface area contributed by atoms with Gasteiger partial charge in [0.05, 0.1) is 14.2 Å². The Bertz CT molecular complexity index is 352. The molecule has 0 aliphatic carbocycles. The number of ether oxygens (including phenoxy) is 2. The molecule has 80 valence electrons. The highest BCUT2D eigenvalue weighted by atomic mass is 16.5. The molecule has 0 radical (unpaired) electrons. The first-order chi connectivity index (χ1) is 7.30. The van der Waals surface area contributed by atoms with E-state index in [-0.39, 0.29) is 6.61 Å². The molecule has 0 unspecified atom stereocenters. The van der Waals surface area contributed by atoms with Gasteiger partial charge in [0.1, 0.15) is 18.1 Å². The molecule has 0 heterocycles. The average Bonchev–Trinajstić information content (AvgIpc) is 2.29. The molecule has 0 saturated heterocycles. The molecule has 0 amide bonds. The van der Waals surface area contributed by atoms with Crippen molar-refractivity contribution in [1.29, 1.82) is 0 Å². The van der Waals surface area contributed by atoms with Crippen LogP contribution in [-0.4, -0.2) is 25.9 Å². The summed E-state index contributed by atoms with van der Waals surface area (Å²) in [6.45, 7) is -0.110. The molecule has 1 N–H and O–H groups in total. The summed E-state index contributed by atoms with van der Waals surface area (Å²) in [6, 6.07) is 5.60. The molecule has 0 fully saturated rings. The van der Waals surface area contributed by atoms with Crippen molar-refractivity contribution >= 4 is 0 Å². The van der Waals surface area contributed by atoms with Crippen molar-refractivity contribution in [2.24, 2.45) is 0 Å². The van der Waals surface area contributed by atoms with Crippen LogP contribution in [0.1, 0.15) is 5.56 Å². The first-order valence-corrected chi connectivity index (χ1v) is 4.58. The van der Waals surface area contributed by atoms with E-state index in [0.717, 1.165) is 17.1 Å². The molecule has 15 heavy (non-hydrogen) atoms. The molecule has 0 spiro atoms. The van der Waals surface area contributed by atoms with E-state index in [1.807, 2.05) is 18.2 Å². The molecular weight excluding hydrogens is 192 g/mol. The summed E-state index contributed by atoms with van der Waals surface area (Å²) in [7, 11) is 3.22. The lowest BCUT2D eigenvalue weighted by molar-refractivity contribution is 0.350. The standard InChI is InChI=1S/C12H14O3/c1-14-11-7-10(5-3-4-6-13)8-12(9-11)15-2/h7-9,13H,5-6H2,1-2H3. The minimum Gasteiger partial charge on any atom is -0.497 e. The fourth-order valence-electron chi connectivity index (χ4n) is 1.19. The molecule has 1 aromatic rings. The summed E-state index contributed by atoms with van der Waals surface area (Å²) < 4.78 is 10.3. The molecule has 3 nitrogen and oxygen atoms in total. The lowest BCUT2D eigenvalue weighted by Gasteiger charge is -2.06. The molecular formula is C12H14O3. The Morgan fingerprint density at radius 1 is 1.07 bits per heavy atom. The SMILES string of the molecule is COc1cc(CC#CCO)cc(OC)c1. The Morgan fingerprint density at radius 3 is 2.13 bits per heavy atom. The Balaban J connectivity index is 2.86. The lowest BCUT2D eigenvalue weighted by Crippen LogP contribution is -1.90. The van der Waals surface area contributed by atoms with E-state index >= 15 is 0 Å². The van der Waals surface area contributed by atoms with E-state index in [4.69, 9.17) is 14.6 Å². The van der Waals surface area contributed by atoms with Crippen molar-refractivity contribution in [1.82, 2.24) is 0 Å². The smallest absolute Gasteiger partial charge is 0.122 e. The Hall–Kier alpha value is -1.66. The summed E-state index contributed by atoms with van der Waals surface area (Å²) in [5, 5.41) is 8.52. The van der Waals surface area contributed by atoms with Crippen LogP contribution in [0.5, 0.6) is 11.5 Å². The van der Waals surface area contributed by atoms with E-state index < -0.39 is 0 Å². The van der Waals surface area contributed by atoms with E-state index in [0.29, 0.717) is 6.42 Å². The zero-order chi connectivity index (χ0) is 11.1. The molecule has 1 rings (SSSR count). The van der Waals surface area contributed by atoms with Crippen LogP contribution < -0.4 is 9.47 Å². The zero-order valence-corrected chi connectivity index (χ0v) is 8.91. The maximum atomic E-state index is 8.52. The second-order valence-electron chi connectivity index (χ2n) is 2.91. The molecule has 1 aromatic carbocycles. The van der Waals surface area contributed by atoms with Gasteiger partial charge in [-0.05, 0) is 17.7 Å². The number of aliphatic hydroxyl groups excluding tert-OH is 1. The Labute approximate surface area is 89.6 Å². The topological polar surface area (TPSA) is 38.7 Å². The van der Waals surface area contributed by atoms with Crippen LogP contribution in [0.4, 0.5) is 0 Å². The largest absolute Gasteiger partial charge is 0.497 e.